The number of Topliss-reactive ketones (excluding diaryl/α,β-unsaturated/α-hetero) is 1. The van der Waals surface area contributed by atoms with E-state index in [0.29, 0.717) is 18.4 Å². The maximum Gasteiger partial charge on any atom is 0.166 e. The molecular weight excluding hydrogens is 200 g/mol. The normalized spacial score (nSPS) is 10.1. The van der Waals surface area contributed by atoms with Gasteiger partial charge in [-0.2, -0.15) is 0 Å². The molecule has 0 fully saturated rings. The predicted molar refractivity (Wildman–Crippen MR) is 66.0 cm³/mol. The minimum Gasteiger partial charge on any atom is -0.507 e. The van der Waals surface area contributed by atoms with Crippen molar-refractivity contribution in [1.29, 1.82) is 0 Å². The number of rotatable bonds is 5. The summed E-state index contributed by atoms with van der Waals surface area (Å²) in [5.74, 6) is 0.0991. The zero-order valence-corrected chi connectivity index (χ0v) is 9.92. The number of phenols is 1. The van der Waals surface area contributed by atoms with Gasteiger partial charge in [-0.05, 0) is 30.0 Å². The number of ketones is 1. The van der Waals surface area contributed by atoms with E-state index in [2.05, 4.69) is 6.58 Å². The van der Waals surface area contributed by atoms with Gasteiger partial charge in [-0.3, -0.25) is 4.79 Å². The van der Waals surface area contributed by atoms with Gasteiger partial charge >= 0.3 is 0 Å². The molecule has 0 saturated carbocycles. The maximum atomic E-state index is 11.7. The molecule has 0 unspecified atom stereocenters. The van der Waals surface area contributed by atoms with Crippen molar-refractivity contribution >= 4 is 5.78 Å². The predicted octanol–water partition coefficient (Wildman–Crippen LogP) is 3.28. The molecule has 0 aliphatic carbocycles. The second-order valence-corrected chi connectivity index (χ2v) is 3.77. The van der Waals surface area contributed by atoms with E-state index in [1.807, 2.05) is 13.0 Å². The van der Waals surface area contributed by atoms with Gasteiger partial charge in [-0.1, -0.05) is 26.0 Å². The summed E-state index contributed by atoms with van der Waals surface area (Å²) >= 11 is 0. The minimum atomic E-state index is -0.0156. The van der Waals surface area contributed by atoms with Gasteiger partial charge in [0.1, 0.15) is 5.75 Å². The van der Waals surface area contributed by atoms with E-state index in [1.165, 1.54) is 0 Å². The lowest BCUT2D eigenvalue weighted by Gasteiger charge is -2.10. The monoisotopic (exact) mass is 218 g/mol. The van der Waals surface area contributed by atoms with E-state index < -0.39 is 0 Å². The Morgan fingerprint density at radius 3 is 2.62 bits per heavy atom. The van der Waals surface area contributed by atoms with Gasteiger partial charge in [0, 0.05) is 6.42 Å². The molecule has 1 rings (SSSR count). The van der Waals surface area contributed by atoms with E-state index in [4.69, 9.17) is 0 Å². The number of carbonyl (C=O) groups excluding carboxylic acids is 1. The van der Waals surface area contributed by atoms with Gasteiger partial charge in [0.2, 0.25) is 0 Å². The van der Waals surface area contributed by atoms with E-state index >= 15 is 0 Å². The van der Waals surface area contributed by atoms with Crippen LogP contribution in [0, 0.1) is 0 Å². The van der Waals surface area contributed by atoms with Crippen molar-refractivity contribution in [3.63, 3.8) is 0 Å². The molecule has 2 nitrogen and oxygen atoms in total. The van der Waals surface area contributed by atoms with E-state index in [0.717, 1.165) is 17.5 Å². The second-order valence-electron chi connectivity index (χ2n) is 3.77. The molecule has 1 aromatic carbocycles. The number of aromatic hydroxyl groups is 1. The van der Waals surface area contributed by atoms with E-state index in [9.17, 15) is 9.90 Å². The molecule has 16 heavy (non-hydrogen) atoms. The third-order valence-electron chi connectivity index (χ3n) is 2.64. The Labute approximate surface area is 96.6 Å². The van der Waals surface area contributed by atoms with Crippen LogP contribution in [-0.2, 0) is 12.8 Å². The molecule has 0 radical (unpaired) electrons. The quantitative estimate of drug-likeness (QED) is 0.608. The zero-order chi connectivity index (χ0) is 12.1. The van der Waals surface area contributed by atoms with Crippen LogP contribution in [0.5, 0.6) is 5.75 Å². The van der Waals surface area contributed by atoms with Crippen LogP contribution >= 0.6 is 0 Å². The summed E-state index contributed by atoms with van der Waals surface area (Å²) in [5, 5.41) is 9.97. The van der Waals surface area contributed by atoms with Crippen molar-refractivity contribution in [3.05, 3.63) is 41.5 Å². The summed E-state index contributed by atoms with van der Waals surface area (Å²) in [6.45, 7) is 7.48. The molecular formula is C14H18O2. The lowest BCUT2D eigenvalue weighted by atomic mass is 9.97. The third kappa shape index (κ3) is 2.51. The molecule has 86 valence electrons. The number of hydrogen-bond donors (Lipinski definition) is 1. The van der Waals surface area contributed by atoms with Gasteiger partial charge in [0.15, 0.2) is 5.78 Å². The molecule has 0 amide bonds. The van der Waals surface area contributed by atoms with Crippen LogP contribution in [0.2, 0.25) is 0 Å². The van der Waals surface area contributed by atoms with Gasteiger partial charge < -0.3 is 5.11 Å². The highest BCUT2D eigenvalue weighted by molar-refractivity contribution is 5.99. The Morgan fingerprint density at radius 1 is 1.44 bits per heavy atom. The van der Waals surface area contributed by atoms with Crippen LogP contribution < -0.4 is 0 Å². The highest BCUT2D eigenvalue weighted by Gasteiger charge is 2.13. The molecule has 0 bridgehead atoms. The first-order chi connectivity index (χ1) is 7.63. The van der Waals surface area contributed by atoms with Crippen molar-refractivity contribution in [3.8, 4) is 5.75 Å². The average molecular weight is 218 g/mol. The van der Waals surface area contributed by atoms with Crippen LogP contribution in [0.15, 0.2) is 24.8 Å². The molecule has 0 spiro atoms. The zero-order valence-electron chi connectivity index (χ0n) is 9.92. The van der Waals surface area contributed by atoms with E-state index in [1.54, 1.807) is 19.1 Å². The highest BCUT2D eigenvalue weighted by atomic mass is 16.3. The van der Waals surface area contributed by atoms with Gasteiger partial charge in [-0.15, -0.1) is 6.58 Å². The number of phenolic OH excluding ortho intramolecular Hbond substituents is 1. The standard InChI is InChI=1S/C14H18O2/c1-4-7-11-8-10(5-2)9-12(14(11)16)13(15)6-3/h4,8-9,16H,1,5-7H2,2-3H3. The molecule has 0 saturated heterocycles. The number of carbonyl (C=O) groups is 1. The van der Waals surface area contributed by atoms with Crippen molar-refractivity contribution < 1.29 is 9.90 Å². The minimum absolute atomic E-state index is 0.0156. The highest BCUT2D eigenvalue weighted by Crippen LogP contribution is 2.26. The second kappa shape index (κ2) is 5.50. The fourth-order valence-electron chi connectivity index (χ4n) is 1.68. The number of aryl methyl sites for hydroxylation is 1. The summed E-state index contributed by atoms with van der Waals surface area (Å²) in [6, 6.07) is 3.72. The smallest absolute Gasteiger partial charge is 0.166 e. The average Bonchev–Trinajstić information content (AvgIpc) is 2.31. The number of hydrogen-bond acceptors (Lipinski definition) is 2. The molecule has 1 N–H and O–H groups in total. The lowest BCUT2D eigenvalue weighted by Crippen LogP contribution is -2.01. The maximum absolute atomic E-state index is 11.7. The van der Waals surface area contributed by atoms with Crippen molar-refractivity contribution in [2.75, 3.05) is 0 Å². The molecule has 0 aliphatic rings. The topological polar surface area (TPSA) is 37.3 Å². The van der Waals surface area contributed by atoms with Crippen LogP contribution in [-0.4, -0.2) is 10.9 Å². The summed E-state index contributed by atoms with van der Waals surface area (Å²) in [6.07, 6.45) is 3.58. The Morgan fingerprint density at radius 2 is 2.12 bits per heavy atom. The Hall–Kier alpha value is -1.57. The Bertz CT molecular complexity index is 405. The summed E-state index contributed by atoms with van der Waals surface area (Å²) in [4.78, 5) is 11.7. The Kier molecular flexibility index (Phi) is 4.29. The lowest BCUT2D eigenvalue weighted by molar-refractivity contribution is 0.0985. The number of allylic oxidation sites excluding steroid dienone is 1. The fourth-order valence-corrected chi connectivity index (χ4v) is 1.68. The van der Waals surface area contributed by atoms with Gasteiger partial charge in [0.05, 0.1) is 5.56 Å². The summed E-state index contributed by atoms with van der Waals surface area (Å²) in [7, 11) is 0. The molecule has 0 heterocycles. The first-order valence-electron chi connectivity index (χ1n) is 5.62. The SMILES string of the molecule is C=CCc1cc(CC)cc(C(=O)CC)c1O. The number of benzene rings is 1. The first kappa shape index (κ1) is 12.5. The van der Waals surface area contributed by atoms with Crippen molar-refractivity contribution in [2.24, 2.45) is 0 Å². The molecule has 0 aliphatic heterocycles. The largest absolute Gasteiger partial charge is 0.507 e. The molecule has 0 atom stereocenters. The van der Waals surface area contributed by atoms with Crippen LogP contribution in [0.1, 0.15) is 41.8 Å². The van der Waals surface area contributed by atoms with Crippen molar-refractivity contribution in [1.82, 2.24) is 0 Å². The van der Waals surface area contributed by atoms with Crippen LogP contribution in [0.4, 0.5) is 0 Å². The Balaban J connectivity index is 3.30. The molecule has 0 aromatic heterocycles. The van der Waals surface area contributed by atoms with Gasteiger partial charge in [-0.25, -0.2) is 0 Å². The summed E-state index contributed by atoms with van der Waals surface area (Å²) < 4.78 is 0. The van der Waals surface area contributed by atoms with E-state index in [-0.39, 0.29) is 11.5 Å². The van der Waals surface area contributed by atoms with Crippen LogP contribution in [0.3, 0.4) is 0 Å². The molecule has 1 aromatic rings. The fraction of sp³-hybridized carbons (Fsp3) is 0.357. The summed E-state index contributed by atoms with van der Waals surface area (Å²) in [5.41, 5.74) is 2.30. The van der Waals surface area contributed by atoms with Crippen LogP contribution in [0.25, 0.3) is 0 Å². The third-order valence-corrected chi connectivity index (χ3v) is 2.64. The first-order valence-corrected chi connectivity index (χ1v) is 5.62. The van der Waals surface area contributed by atoms with Gasteiger partial charge in [0.25, 0.3) is 0 Å². The van der Waals surface area contributed by atoms with Crippen molar-refractivity contribution in [2.45, 2.75) is 33.1 Å². The molecule has 2 heteroatoms.